The average Bonchev–Trinajstić information content (AvgIpc) is 3.12. The summed E-state index contributed by atoms with van der Waals surface area (Å²) in [6.07, 6.45) is 1.92. The summed E-state index contributed by atoms with van der Waals surface area (Å²) in [5.41, 5.74) is 3.14. The smallest absolute Gasteiger partial charge is 0.336 e. The van der Waals surface area contributed by atoms with Gasteiger partial charge >= 0.3 is 12.0 Å². The molecule has 0 unspecified atom stereocenters. The van der Waals surface area contributed by atoms with E-state index in [0.29, 0.717) is 42.7 Å². The summed E-state index contributed by atoms with van der Waals surface area (Å²) in [4.78, 5) is 27.3. The van der Waals surface area contributed by atoms with Crippen molar-refractivity contribution < 1.29 is 23.5 Å². The second kappa shape index (κ2) is 9.53. The molecule has 2 amide bonds. The van der Waals surface area contributed by atoms with E-state index in [1.807, 2.05) is 36.4 Å². The van der Waals surface area contributed by atoms with Crippen molar-refractivity contribution in [2.75, 3.05) is 27.4 Å². The first-order valence-corrected chi connectivity index (χ1v) is 10.8. The highest BCUT2D eigenvalue weighted by Gasteiger charge is 2.46. The van der Waals surface area contributed by atoms with E-state index in [-0.39, 0.29) is 17.9 Å². The normalized spacial score (nSPS) is 19.8. The zero-order valence-corrected chi connectivity index (χ0v) is 18.3. The molecule has 2 aliphatic heterocycles. The number of carbonyl (C=O) groups excluding carboxylic acids is 2. The van der Waals surface area contributed by atoms with E-state index >= 15 is 4.39 Å². The van der Waals surface area contributed by atoms with Crippen LogP contribution in [0.5, 0.6) is 0 Å². The molecule has 6 nitrogen and oxygen atoms in total. The third-order valence-electron chi connectivity index (χ3n) is 6.23. The van der Waals surface area contributed by atoms with Crippen LogP contribution in [-0.2, 0) is 14.3 Å². The Morgan fingerprint density at radius 2 is 1.88 bits per heavy atom. The fraction of sp³-hybridized carbons (Fsp3) is 0.360. The van der Waals surface area contributed by atoms with Crippen LogP contribution in [0.2, 0.25) is 0 Å². The topological polar surface area (TPSA) is 67.9 Å². The Morgan fingerprint density at radius 3 is 2.56 bits per heavy atom. The predicted molar refractivity (Wildman–Crippen MR) is 119 cm³/mol. The van der Waals surface area contributed by atoms with Crippen molar-refractivity contribution >= 4 is 17.6 Å². The van der Waals surface area contributed by atoms with E-state index in [1.165, 1.54) is 13.2 Å². The van der Waals surface area contributed by atoms with Gasteiger partial charge in [0.1, 0.15) is 5.82 Å². The molecule has 2 atom stereocenters. The molecule has 0 radical (unpaired) electrons. The summed E-state index contributed by atoms with van der Waals surface area (Å²) in [7, 11) is 2.90. The van der Waals surface area contributed by atoms with Crippen LogP contribution < -0.4 is 5.32 Å². The zero-order chi connectivity index (χ0) is 22.7. The number of benzene rings is 2. The molecule has 1 saturated heterocycles. The van der Waals surface area contributed by atoms with Gasteiger partial charge in [0, 0.05) is 25.3 Å². The number of methoxy groups -OCH3 is 2. The number of amides is 2. The van der Waals surface area contributed by atoms with Crippen molar-refractivity contribution in [3.8, 4) is 11.1 Å². The molecule has 2 aromatic rings. The van der Waals surface area contributed by atoms with Gasteiger partial charge in [0.15, 0.2) is 0 Å². The van der Waals surface area contributed by atoms with Crippen molar-refractivity contribution in [3.05, 3.63) is 65.5 Å². The number of nitrogens with one attached hydrogen (secondary N) is 1. The number of esters is 1. The quantitative estimate of drug-likeness (QED) is 0.547. The standard InChI is InChI=1S/C25H27FN2O4/c1-31-13-12-27-25(30)28-18-9-11-22(28)23(24(29)32-2)20(15-18)17-8-10-19(21(26)14-17)16-6-4-3-5-7-16/h3-8,10,14,18,22H,9,11-13,15H2,1-2H3,(H,27,30)/t18-,22+/m0/s1. The van der Waals surface area contributed by atoms with Gasteiger partial charge in [-0.2, -0.15) is 0 Å². The number of hydrogen-bond donors (Lipinski definition) is 1. The monoisotopic (exact) mass is 438 g/mol. The molecule has 2 aromatic carbocycles. The summed E-state index contributed by atoms with van der Waals surface area (Å²) >= 11 is 0. The van der Waals surface area contributed by atoms with Gasteiger partial charge in [0.25, 0.3) is 0 Å². The lowest BCUT2D eigenvalue weighted by Crippen LogP contribution is -2.51. The number of rotatable bonds is 6. The molecule has 2 heterocycles. The Labute approximate surface area is 187 Å². The van der Waals surface area contributed by atoms with Crippen LogP contribution in [0.4, 0.5) is 9.18 Å². The Balaban J connectivity index is 1.69. The largest absolute Gasteiger partial charge is 0.466 e. The Kier molecular flexibility index (Phi) is 6.55. The van der Waals surface area contributed by atoms with Crippen LogP contribution in [0.1, 0.15) is 24.8 Å². The van der Waals surface area contributed by atoms with E-state index < -0.39 is 12.0 Å². The number of ether oxygens (including phenoxy) is 2. The van der Waals surface area contributed by atoms with Gasteiger partial charge < -0.3 is 19.7 Å². The van der Waals surface area contributed by atoms with E-state index in [2.05, 4.69) is 5.32 Å². The highest BCUT2D eigenvalue weighted by atomic mass is 19.1. The molecule has 168 valence electrons. The maximum Gasteiger partial charge on any atom is 0.336 e. The van der Waals surface area contributed by atoms with Crippen LogP contribution in [0.3, 0.4) is 0 Å². The maximum absolute atomic E-state index is 15.1. The predicted octanol–water partition coefficient (Wildman–Crippen LogP) is 4.01. The number of halogens is 1. The van der Waals surface area contributed by atoms with Gasteiger partial charge in [-0.05, 0) is 42.0 Å². The number of nitrogens with zero attached hydrogens (tertiary/aromatic N) is 1. The first-order chi connectivity index (χ1) is 15.5. The van der Waals surface area contributed by atoms with Crippen molar-refractivity contribution in [1.29, 1.82) is 0 Å². The summed E-state index contributed by atoms with van der Waals surface area (Å²) in [5, 5.41) is 2.85. The number of fused-ring (bicyclic) bond motifs is 2. The molecule has 2 bridgehead atoms. The van der Waals surface area contributed by atoms with Crippen LogP contribution in [0.25, 0.3) is 16.7 Å². The van der Waals surface area contributed by atoms with Crippen LogP contribution in [0.15, 0.2) is 54.1 Å². The Bertz CT molecular complexity index is 1040. The third-order valence-corrected chi connectivity index (χ3v) is 6.23. The van der Waals surface area contributed by atoms with E-state index in [0.717, 1.165) is 17.6 Å². The molecule has 0 aromatic heterocycles. The van der Waals surface area contributed by atoms with Gasteiger partial charge in [-0.1, -0.05) is 42.5 Å². The number of hydrogen-bond acceptors (Lipinski definition) is 4. The fourth-order valence-electron chi connectivity index (χ4n) is 4.77. The van der Waals surface area contributed by atoms with Crippen molar-refractivity contribution in [1.82, 2.24) is 10.2 Å². The van der Waals surface area contributed by atoms with Crippen molar-refractivity contribution in [3.63, 3.8) is 0 Å². The van der Waals surface area contributed by atoms with E-state index in [9.17, 15) is 9.59 Å². The molecule has 7 heteroatoms. The molecule has 2 aliphatic rings. The molecule has 0 aliphatic carbocycles. The molecule has 0 spiro atoms. The van der Waals surface area contributed by atoms with Crippen LogP contribution in [0, 0.1) is 5.82 Å². The Hall–Kier alpha value is -3.19. The average molecular weight is 438 g/mol. The van der Waals surface area contributed by atoms with Crippen LogP contribution >= 0.6 is 0 Å². The maximum atomic E-state index is 15.1. The van der Waals surface area contributed by atoms with Crippen molar-refractivity contribution in [2.24, 2.45) is 0 Å². The summed E-state index contributed by atoms with van der Waals surface area (Å²) in [6, 6.07) is 13.7. The third kappa shape index (κ3) is 4.12. The van der Waals surface area contributed by atoms with Gasteiger partial charge in [-0.3, -0.25) is 0 Å². The minimum atomic E-state index is -0.479. The lowest BCUT2D eigenvalue weighted by atomic mass is 9.87. The highest BCUT2D eigenvalue weighted by molar-refractivity contribution is 6.01. The van der Waals surface area contributed by atoms with Gasteiger partial charge in [0.05, 0.1) is 25.3 Å². The second-order valence-electron chi connectivity index (χ2n) is 8.03. The SMILES string of the molecule is COCCNC(=O)N1[C@H]2CC[C@@H]1C(C(=O)OC)=C(c1ccc(-c3ccccc3)c(F)c1)C2. The number of urea groups is 1. The highest BCUT2D eigenvalue weighted by Crippen LogP contribution is 2.44. The van der Waals surface area contributed by atoms with Crippen molar-refractivity contribution in [2.45, 2.75) is 31.3 Å². The van der Waals surface area contributed by atoms with E-state index in [1.54, 1.807) is 18.1 Å². The summed E-state index contributed by atoms with van der Waals surface area (Å²) in [5.74, 6) is -0.829. The lowest BCUT2D eigenvalue weighted by molar-refractivity contribution is -0.136. The summed E-state index contributed by atoms with van der Waals surface area (Å²) < 4.78 is 25.1. The minimum Gasteiger partial charge on any atom is -0.466 e. The minimum absolute atomic E-state index is 0.0530. The second-order valence-corrected chi connectivity index (χ2v) is 8.03. The molecule has 1 N–H and O–H groups in total. The molecule has 4 rings (SSSR count). The number of carbonyl (C=O) groups is 2. The Morgan fingerprint density at radius 1 is 1.09 bits per heavy atom. The lowest BCUT2D eigenvalue weighted by Gasteiger charge is -2.37. The molecular weight excluding hydrogens is 411 g/mol. The summed E-state index contributed by atoms with van der Waals surface area (Å²) in [6.45, 7) is 0.800. The van der Waals surface area contributed by atoms with Gasteiger partial charge in [-0.25, -0.2) is 14.0 Å². The van der Waals surface area contributed by atoms with Crippen LogP contribution in [-0.4, -0.2) is 56.4 Å². The first-order valence-electron chi connectivity index (χ1n) is 10.8. The van der Waals surface area contributed by atoms with Gasteiger partial charge in [0.2, 0.25) is 0 Å². The first kappa shape index (κ1) is 22.0. The molecule has 32 heavy (non-hydrogen) atoms. The zero-order valence-electron chi connectivity index (χ0n) is 18.3. The van der Waals surface area contributed by atoms with Gasteiger partial charge in [-0.15, -0.1) is 0 Å². The molecular formula is C25H27FN2O4. The molecule has 1 fully saturated rings. The van der Waals surface area contributed by atoms with E-state index in [4.69, 9.17) is 9.47 Å². The fourth-order valence-corrected chi connectivity index (χ4v) is 4.77. The molecule has 0 saturated carbocycles.